The van der Waals surface area contributed by atoms with Crippen LogP contribution in [-0.4, -0.2) is 34.7 Å². The van der Waals surface area contributed by atoms with Gasteiger partial charge in [0.1, 0.15) is 11.4 Å². The van der Waals surface area contributed by atoms with Gasteiger partial charge in [-0.15, -0.1) is 11.6 Å². The van der Waals surface area contributed by atoms with E-state index in [0.29, 0.717) is 5.56 Å². The zero-order chi connectivity index (χ0) is 13.0. The van der Waals surface area contributed by atoms with E-state index < -0.39 is 23.5 Å². The SMILES string of the molecule is Cc1ccc(F)c(C(=O)O)c1NCC(O)CCl. The maximum atomic E-state index is 13.4. The fourth-order valence-electron chi connectivity index (χ4n) is 1.39. The zero-order valence-corrected chi connectivity index (χ0v) is 9.96. The number of aromatic carboxylic acids is 1. The summed E-state index contributed by atoms with van der Waals surface area (Å²) in [5.74, 6) is -2.15. The van der Waals surface area contributed by atoms with E-state index in [-0.39, 0.29) is 18.1 Å². The van der Waals surface area contributed by atoms with Gasteiger partial charge in [-0.25, -0.2) is 9.18 Å². The molecule has 1 rings (SSSR count). The van der Waals surface area contributed by atoms with Crippen LogP contribution in [0.5, 0.6) is 0 Å². The smallest absolute Gasteiger partial charge is 0.340 e. The molecule has 0 fully saturated rings. The largest absolute Gasteiger partial charge is 0.478 e. The Hall–Kier alpha value is -1.33. The lowest BCUT2D eigenvalue weighted by Gasteiger charge is -2.15. The van der Waals surface area contributed by atoms with Gasteiger partial charge in [0.15, 0.2) is 0 Å². The number of benzene rings is 1. The van der Waals surface area contributed by atoms with Gasteiger partial charge < -0.3 is 15.5 Å². The molecule has 0 aromatic heterocycles. The second-order valence-electron chi connectivity index (χ2n) is 3.61. The first-order chi connectivity index (χ1) is 7.97. The van der Waals surface area contributed by atoms with E-state index in [1.54, 1.807) is 6.92 Å². The third-order valence-corrected chi connectivity index (χ3v) is 2.63. The molecule has 0 saturated carbocycles. The highest BCUT2D eigenvalue weighted by Gasteiger charge is 2.18. The predicted molar refractivity (Wildman–Crippen MR) is 63.3 cm³/mol. The van der Waals surface area contributed by atoms with Gasteiger partial charge in [-0.1, -0.05) is 6.07 Å². The Morgan fingerprint density at radius 2 is 2.24 bits per heavy atom. The van der Waals surface area contributed by atoms with Crippen LogP contribution in [0, 0.1) is 12.7 Å². The van der Waals surface area contributed by atoms with Crippen LogP contribution < -0.4 is 5.32 Å². The molecule has 0 heterocycles. The minimum Gasteiger partial charge on any atom is -0.478 e. The average molecular weight is 262 g/mol. The van der Waals surface area contributed by atoms with Crippen molar-refractivity contribution in [2.45, 2.75) is 13.0 Å². The molecular formula is C11H13ClFNO3. The summed E-state index contributed by atoms with van der Waals surface area (Å²) in [7, 11) is 0. The Labute approximate surface area is 103 Å². The number of carboxylic acid groups (broad SMARTS) is 1. The van der Waals surface area contributed by atoms with E-state index in [4.69, 9.17) is 16.7 Å². The Kier molecular flexibility index (Phi) is 4.72. The van der Waals surface area contributed by atoms with Crippen LogP contribution in [-0.2, 0) is 0 Å². The van der Waals surface area contributed by atoms with Gasteiger partial charge in [0.05, 0.1) is 17.7 Å². The third-order valence-electron chi connectivity index (χ3n) is 2.27. The lowest BCUT2D eigenvalue weighted by Crippen LogP contribution is -2.22. The summed E-state index contributed by atoms with van der Waals surface area (Å²) in [6.45, 7) is 1.72. The van der Waals surface area contributed by atoms with Crippen LogP contribution in [0.25, 0.3) is 0 Å². The monoisotopic (exact) mass is 261 g/mol. The summed E-state index contributed by atoms with van der Waals surface area (Å²) in [4.78, 5) is 10.9. The van der Waals surface area contributed by atoms with E-state index in [9.17, 15) is 14.3 Å². The Morgan fingerprint density at radius 1 is 1.59 bits per heavy atom. The number of carbonyl (C=O) groups is 1. The molecular weight excluding hydrogens is 249 g/mol. The Balaban J connectivity index is 3.04. The maximum absolute atomic E-state index is 13.4. The molecule has 1 atom stereocenters. The molecule has 0 bridgehead atoms. The second-order valence-corrected chi connectivity index (χ2v) is 3.92. The first-order valence-electron chi connectivity index (χ1n) is 4.97. The van der Waals surface area contributed by atoms with Gasteiger partial charge in [0, 0.05) is 6.54 Å². The lowest BCUT2D eigenvalue weighted by atomic mass is 10.1. The van der Waals surface area contributed by atoms with Crippen LogP contribution in [0.1, 0.15) is 15.9 Å². The van der Waals surface area contributed by atoms with Crippen molar-refractivity contribution in [3.05, 3.63) is 29.1 Å². The summed E-state index contributed by atoms with van der Waals surface area (Å²) in [5.41, 5.74) is 0.332. The number of halogens is 2. The molecule has 4 nitrogen and oxygen atoms in total. The number of hydrogen-bond acceptors (Lipinski definition) is 3. The van der Waals surface area contributed by atoms with Crippen LogP contribution in [0.4, 0.5) is 10.1 Å². The fourth-order valence-corrected chi connectivity index (χ4v) is 1.50. The minimum absolute atomic E-state index is 0.0176. The highest BCUT2D eigenvalue weighted by molar-refractivity contribution is 6.18. The number of alkyl halides is 1. The maximum Gasteiger partial charge on any atom is 0.340 e. The van der Waals surface area contributed by atoms with Gasteiger partial charge in [0.2, 0.25) is 0 Å². The van der Waals surface area contributed by atoms with Crippen molar-refractivity contribution in [2.24, 2.45) is 0 Å². The van der Waals surface area contributed by atoms with Crippen molar-refractivity contribution >= 4 is 23.3 Å². The number of aliphatic hydroxyl groups is 1. The normalized spacial score (nSPS) is 12.2. The Morgan fingerprint density at radius 3 is 2.76 bits per heavy atom. The van der Waals surface area contributed by atoms with Crippen molar-refractivity contribution in [3.63, 3.8) is 0 Å². The molecule has 0 amide bonds. The molecule has 0 aliphatic rings. The van der Waals surface area contributed by atoms with Gasteiger partial charge in [-0.05, 0) is 18.6 Å². The van der Waals surface area contributed by atoms with E-state index in [1.165, 1.54) is 6.07 Å². The van der Waals surface area contributed by atoms with Crippen LogP contribution >= 0.6 is 11.6 Å². The first kappa shape index (κ1) is 13.7. The predicted octanol–water partition coefficient (Wildman–Crippen LogP) is 1.84. The van der Waals surface area contributed by atoms with Gasteiger partial charge >= 0.3 is 5.97 Å². The van der Waals surface area contributed by atoms with Gasteiger partial charge in [-0.3, -0.25) is 0 Å². The molecule has 1 aromatic rings. The van der Waals surface area contributed by atoms with Crippen molar-refractivity contribution in [1.29, 1.82) is 0 Å². The highest BCUT2D eigenvalue weighted by Crippen LogP contribution is 2.23. The van der Waals surface area contributed by atoms with E-state index in [1.807, 2.05) is 0 Å². The number of carboxylic acids is 1. The average Bonchev–Trinajstić information content (AvgIpc) is 2.28. The number of aliphatic hydroxyl groups excluding tert-OH is 1. The standard InChI is InChI=1S/C11H13ClFNO3/c1-6-2-3-8(13)9(11(16)17)10(6)14-5-7(15)4-12/h2-3,7,14-15H,4-5H2,1H3,(H,16,17). The lowest BCUT2D eigenvalue weighted by molar-refractivity contribution is 0.0692. The van der Waals surface area contributed by atoms with Gasteiger partial charge in [-0.2, -0.15) is 0 Å². The number of aryl methyl sites for hydroxylation is 1. The quantitative estimate of drug-likeness (QED) is 0.708. The Bertz CT molecular complexity index is 425. The van der Waals surface area contributed by atoms with Crippen LogP contribution in [0.15, 0.2) is 12.1 Å². The van der Waals surface area contributed by atoms with Crippen molar-refractivity contribution in [3.8, 4) is 0 Å². The second kappa shape index (κ2) is 5.84. The molecule has 3 N–H and O–H groups in total. The van der Waals surface area contributed by atoms with E-state index >= 15 is 0 Å². The summed E-state index contributed by atoms with van der Waals surface area (Å²) in [6.07, 6.45) is -0.819. The molecule has 0 aliphatic heterocycles. The highest BCUT2D eigenvalue weighted by atomic mass is 35.5. The van der Waals surface area contributed by atoms with E-state index in [0.717, 1.165) is 6.07 Å². The third kappa shape index (κ3) is 3.31. The molecule has 94 valence electrons. The van der Waals surface area contributed by atoms with Crippen molar-refractivity contribution < 1.29 is 19.4 Å². The fraction of sp³-hybridized carbons (Fsp3) is 0.364. The summed E-state index contributed by atoms with van der Waals surface area (Å²) in [6, 6.07) is 2.57. The molecule has 17 heavy (non-hydrogen) atoms. The van der Waals surface area contributed by atoms with Crippen molar-refractivity contribution in [1.82, 2.24) is 0 Å². The number of nitrogens with one attached hydrogen (secondary N) is 1. The zero-order valence-electron chi connectivity index (χ0n) is 9.20. The topological polar surface area (TPSA) is 69.6 Å². The van der Waals surface area contributed by atoms with Crippen LogP contribution in [0.2, 0.25) is 0 Å². The number of hydrogen-bond donors (Lipinski definition) is 3. The first-order valence-corrected chi connectivity index (χ1v) is 5.51. The van der Waals surface area contributed by atoms with Gasteiger partial charge in [0.25, 0.3) is 0 Å². The summed E-state index contributed by atoms with van der Waals surface area (Å²) < 4.78 is 13.4. The summed E-state index contributed by atoms with van der Waals surface area (Å²) >= 11 is 5.41. The molecule has 1 aromatic carbocycles. The molecule has 0 aliphatic carbocycles. The molecule has 0 saturated heterocycles. The molecule has 1 unspecified atom stereocenters. The van der Waals surface area contributed by atoms with E-state index in [2.05, 4.69) is 5.32 Å². The summed E-state index contributed by atoms with van der Waals surface area (Å²) in [5, 5.41) is 20.9. The molecule has 0 radical (unpaired) electrons. The number of anilines is 1. The van der Waals surface area contributed by atoms with Crippen LogP contribution in [0.3, 0.4) is 0 Å². The minimum atomic E-state index is -1.35. The molecule has 0 spiro atoms. The number of rotatable bonds is 5. The van der Waals surface area contributed by atoms with Crippen molar-refractivity contribution in [2.75, 3.05) is 17.7 Å². The molecule has 6 heteroatoms.